The van der Waals surface area contributed by atoms with Gasteiger partial charge in [-0.1, -0.05) is 6.42 Å². The Kier molecular flexibility index (Phi) is 3.05. The van der Waals surface area contributed by atoms with Gasteiger partial charge in [0.15, 0.2) is 11.5 Å². The number of carbonyl (C=O) groups is 1. The van der Waals surface area contributed by atoms with Crippen molar-refractivity contribution in [1.29, 1.82) is 0 Å². The lowest BCUT2D eigenvalue weighted by Crippen LogP contribution is -2.20. The number of nitrogens with one attached hydrogen (secondary N) is 1. The lowest BCUT2D eigenvalue weighted by atomic mass is 9.90. The maximum Gasteiger partial charge on any atom is 0.271 e. The Balaban J connectivity index is 1.37. The molecule has 0 spiro atoms. The summed E-state index contributed by atoms with van der Waals surface area (Å²) in [6, 6.07) is 5.15. The monoisotopic (exact) mass is 286 g/mol. The molecule has 2 aliphatic carbocycles. The molecule has 1 aliphatic heterocycles. The molecule has 110 valence electrons. The number of hydrazone groups is 1. The second-order valence-electron chi connectivity index (χ2n) is 6.13. The summed E-state index contributed by atoms with van der Waals surface area (Å²) >= 11 is 0. The fourth-order valence-electron chi connectivity index (χ4n) is 3.77. The average Bonchev–Trinajstić information content (AvgIpc) is 3.22. The first-order valence-corrected chi connectivity index (χ1v) is 7.53. The highest BCUT2D eigenvalue weighted by molar-refractivity contribution is 5.95. The van der Waals surface area contributed by atoms with Gasteiger partial charge in [-0.05, 0) is 55.2 Å². The Morgan fingerprint density at radius 2 is 2.14 bits per heavy atom. The lowest BCUT2D eigenvalue weighted by Gasteiger charge is -2.16. The van der Waals surface area contributed by atoms with Crippen molar-refractivity contribution >= 4 is 12.1 Å². The number of hydrogen-bond donors (Lipinski definition) is 1. The SMILES string of the molecule is O=C(N/N=C\[C@H]1C[C@@H]2CC[C@H]1C2)c1ccc2c(c1)OCO2. The zero-order valence-electron chi connectivity index (χ0n) is 11.7. The quantitative estimate of drug-likeness (QED) is 0.686. The molecule has 0 aromatic heterocycles. The van der Waals surface area contributed by atoms with Crippen LogP contribution in [0.4, 0.5) is 0 Å². The Labute approximate surface area is 123 Å². The van der Waals surface area contributed by atoms with Crippen LogP contribution in [-0.4, -0.2) is 18.9 Å². The van der Waals surface area contributed by atoms with Crippen molar-refractivity contribution in [1.82, 2.24) is 5.43 Å². The number of rotatable bonds is 3. The Morgan fingerprint density at radius 3 is 2.95 bits per heavy atom. The minimum atomic E-state index is -0.215. The third-order valence-corrected chi connectivity index (χ3v) is 4.86. The predicted molar refractivity (Wildman–Crippen MR) is 77.5 cm³/mol. The fraction of sp³-hybridized carbons (Fsp3) is 0.500. The maximum atomic E-state index is 12.1. The van der Waals surface area contributed by atoms with Crippen LogP contribution in [0.1, 0.15) is 36.0 Å². The van der Waals surface area contributed by atoms with Crippen LogP contribution in [0, 0.1) is 17.8 Å². The van der Waals surface area contributed by atoms with E-state index in [0.29, 0.717) is 23.0 Å². The van der Waals surface area contributed by atoms with E-state index in [0.717, 1.165) is 11.8 Å². The maximum absolute atomic E-state index is 12.1. The molecule has 1 aromatic rings. The summed E-state index contributed by atoms with van der Waals surface area (Å²) in [5.41, 5.74) is 3.14. The number of benzene rings is 1. The summed E-state index contributed by atoms with van der Waals surface area (Å²) in [6.45, 7) is 0.211. The van der Waals surface area contributed by atoms with Gasteiger partial charge in [-0.2, -0.15) is 5.10 Å². The van der Waals surface area contributed by atoms with Crippen molar-refractivity contribution in [2.75, 3.05) is 6.79 Å². The molecule has 2 bridgehead atoms. The molecule has 4 rings (SSSR count). The Hall–Kier alpha value is -2.04. The highest BCUT2D eigenvalue weighted by Gasteiger charge is 2.38. The van der Waals surface area contributed by atoms with Gasteiger partial charge in [-0.15, -0.1) is 0 Å². The summed E-state index contributed by atoms with van der Waals surface area (Å²) in [4.78, 5) is 12.1. The molecule has 3 aliphatic rings. The minimum absolute atomic E-state index is 0.211. The zero-order valence-corrected chi connectivity index (χ0v) is 11.7. The lowest BCUT2D eigenvalue weighted by molar-refractivity contribution is 0.0954. The van der Waals surface area contributed by atoms with Crippen LogP contribution >= 0.6 is 0 Å². The summed E-state index contributed by atoms with van der Waals surface area (Å²) in [6.07, 6.45) is 7.19. The van der Waals surface area contributed by atoms with Crippen molar-refractivity contribution in [3.63, 3.8) is 0 Å². The standard InChI is InChI=1S/C16H18N2O3/c19-16(12-3-4-14-15(7-12)21-9-20-14)18-17-8-13-6-10-1-2-11(13)5-10/h3-4,7-8,10-11,13H,1-2,5-6,9H2,(H,18,19)/b17-8-/t10-,11+,13-/m1/s1. The second-order valence-corrected chi connectivity index (χ2v) is 6.13. The molecular weight excluding hydrogens is 268 g/mol. The molecule has 1 aromatic carbocycles. The fourth-order valence-corrected chi connectivity index (χ4v) is 3.77. The summed E-state index contributed by atoms with van der Waals surface area (Å²) < 4.78 is 10.5. The van der Waals surface area contributed by atoms with E-state index in [4.69, 9.17) is 9.47 Å². The number of carbonyl (C=O) groups excluding carboxylic acids is 1. The Morgan fingerprint density at radius 1 is 1.24 bits per heavy atom. The van der Waals surface area contributed by atoms with Gasteiger partial charge in [0, 0.05) is 11.8 Å². The van der Waals surface area contributed by atoms with Gasteiger partial charge >= 0.3 is 0 Å². The molecule has 3 atom stereocenters. The number of fused-ring (bicyclic) bond motifs is 3. The largest absolute Gasteiger partial charge is 0.454 e. The van der Waals surface area contributed by atoms with E-state index < -0.39 is 0 Å². The van der Waals surface area contributed by atoms with Crippen molar-refractivity contribution < 1.29 is 14.3 Å². The van der Waals surface area contributed by atoms with Gasteiger partial charge in [0.2, 0.25) is 6.79 Å². The van der Waals surface area contributed by atoms with Crippen LogP contribution in [0.5, 0.6) is 11.5 Å². The molecule has 0 radical (unpaired) electrons. The first-order valence-electron chi connectivity index (χ1n) is 7.53. The molecule has 2 saturated carbocycles. The normalized spacial score (nSPS) is 29.2. The third kappa shape index (κ3) is 2.37. The van der Waals surface area contributed by atoms with Gasteiger partial charge in [0.05, 0.1) is 0 Å². The number of ether oxygens (including phenoxy) is 2. The number of amides is 1. The van der Waals surface area contributed by atoms with Gasteiger partial charge in [-0.3, -0.25) is 4.79 Å². The van der Waals surface area contributed by atoms with Crippen molar-refractivity contribution in [3.8, 4) is 11.5 Å². The summed E-state index contributed by atoms with van der Waals surface area (Å²) in [5, 5.41) is 4.15. The zero-order chi connectivity index (χ0) is 14.2. The van der Waals surface area contributed by atoms with E-state index in [9.17, 15) is 4.79 Å². The van der Waals surface area contributed by atoms with E-state index in [2.05, 4.69) is 10.5 Å². The average molecular weight is 286 g/mol. The van der Waals surface area contributed by atoms with E-state index >= 15 is 0 Å². The molecular formula is C16H18N2O3. The molecule has 0 unspecified atom stereocenters. The van der Waals surface area contributed by atoms with Crippen molar-refractivity contribution in [2.45, 2.75) is 25.7 Å². The molecule has 1 amide bonds. The smallest absolute Gasteiger partial charge is 0.271 e. The third-order valence-electron chi connectivity index (χ3n) is 4.86. The van der Waals surface area contributed by atoms with Crippen molar-refractivity contribution in [2.24, 2.45) is 22.9 Å². The van der Waals surface area contributed by atoms with E-state index in [1.54, 1.807) is 18.2 Å². The van der Waals surface area contributed by atoms with Gasteiger partial charge < -0.3 is 9.47 Å². The van der Waals surface area contributed by atoms with Crippen LogP contribution in [0.3, 0.4) is 0 Å². The molecule has 1 N–H and O–H groups in total. The first-order chi connectivity index (χ1) is 10.3. The Bertz CT molecular complexity index is 599. The predicted octanol–water partition coefficient (Wildman–Crippen LogP) is 2.57. The molecule has 5 heteroatoms. The van der Waals surface area contributed by atoms with Gasteiger partial charge in [-0.25, -0.2) is 5.43 Å². The van der Waals surface area contributed by atoms with E-state index in [1.807, 2.05) is 6.21 Å². The number of nitrogens with zero attached hydrogens (tertiary/aromatic N) is 1. The van der Waals surface area contributed by atoms with Crippen LogP contribution < -0.4 is 14.9 Å². The summed E-state index contributed by atoms with van der Waals surface area (Å²) in [7, 11) is 0. The molecule has 5 nitrogen and oxygen atoms in total. The van der Waals surface area contributed by atoms with Gasteiger partial charge in [0.25, 0.3) is 5.91 Å². The topological polar surface area (TPSA) is 59.9 Å². The van der Waals surface area contributed by atoms with Crippen LogP contribution in [0.25, 0.3) is 0 Å². The van der Waals surface area contributed by atoms with Crippen molar-refractivity contribution in [3.05, 3.63) is 23.8 Å². The summed E-state index contributed by atoms with van der Waals surface area (Å²) in [5.74, 6) is 3.28. The molecule has 1 heterocycles. The van der Waals surface area contributed by atoms with Gasteiger partial charge in [0.1, 0.15) is 0 Å². The molecule has 0 saturated heterocycles. The van der Waals surface area contributed by atoms with E-state index in [-0.39, 0.29) is 12.7 Å². The molecule has 21 heavy (non-hydrogen) atoms. The number of hydrogen-bond acceptors (Lipinski definition) is 4. The minimum Gasteiger partial charge on any atom is -0.454 e. The van der Waals surface area contributed by atoms with Crippen LogP contribution in [0.15, 0.2) is 23.3 Å². The highest BCUT2D eigenvalue weighted by Crippen LogP contribution is 2.47. The van der Waals surface area contributed by atoms with Crippen LogP contribution in [-0.2, 0) is 0 Å². The van der Waals surface area contributed by atoms with Crippen LogP contribution in [0.2, 0.25) is 0 Å². The highest BCUT2D eigenvalue weighted by atomic mass is 16.7. The van der Waals surface area contributed by atoms with E-state index in [1.165, 1.54) is 25.7 Å². The molecule has 2 fully saturated rings. The second kappa shape index (κ2) is 5.06. The first kappa shape index (κ1) is 12.7.